The van der Waals surface area contributed by atoms with Crippen LogP contribution in [-0.2, 0) is 0 Å². The van der Waals surface area contributed by atoms with E-state index >= 15 is 0 Å². The van der Waals surface area contributed by atoms with E-state index in [0.717, 1.165) is 5.56 Å². The molecule has 0 aliphatic carbocycles. The van der Waals surface area contributed by atoms with Crippen LogP contribution in [0.15, 0.2) is 53.6 Å². The summed E-state index contributed by atoms with van der Waals surface area (Å²) in [6.07, 6.45) is 1.53. The Hall–Kier alpha value is -2.47. The highest BCUT2D eigenvalue weighted by Crippen LogP contribution is 2.09. The summed E-state index contributed by atoms with van der Waals surface area (Å²) in [6.45, 7) is 0. The van der Waals surface area contributed by atoms with Crippen LogP contribution in [0.2, 0.25) is 0 Å². The lowest BCUT2D eigenvalue weighted by Gasteiger charge is -2.06. The second kappa shape index (κ2) is 6.63. The van der Waals surface area contributed by atoms with Crippen molar-refractivity contribution in [3.63, 3.8) is 0 Å². The average molecular weight is 289 g/mol. The summed E-state index contributed by atoms with van der Waals surface area (Å²) in [6, 6.07) is 12.5. The second-order valence-corrected chi connectivity index (χ2v) is 4.33. The Morgan fingerprint density at radius 3 is 2.65 bits per heavy atom. The highest BCUT2D eigenvalue weighted by Gasteiger charge is 1.96. The lowest BCUT2D eigenvalue weighted by Crippen LogP contribution is -2.23. The Bertz CT molecular complexity index is 629. The van der Waals surface area contributed by atoms with Crippen LogP contribution in [0.5, 0.6) is 5.75 Å². The summed E-state index contributed by atoms with van der Waals surface area (Å²) < 4.78 is 12.7. The van der Waals surface area contributed by atoms with Gasteiger partial charge in [0.05, 0.1) is 6.21 Å². The van der Waals surface area contributed by atoms with Crippen molar-refractivity contribution in [3.05, 3.63) is 59.9 Å². The van der Waals surface area contributed by atoms with Gasteiger partial charge < -0.3 is 10.4 Å². The molecule has 2 aromatic carbocycles. The molecule has 6 heteroatoms. The number of hydrogen-bond acceptors (Lipinski definition) is 3. The van der Waals surface area contributed by atoms with Crippen molar-refractivity contribution >= 4 is 29.2 Å². The molecular formula is C14H12FN3OS. The molecule has 3 N–H and O–H groups in total. The average Bonchev–Trinajstić information content (AvgIpc) is 2.41. The quantitative estimate of drug-likeness (QED) is 0.462. The molecule has 0 amide bonds. The summed E-state index contributed by atoms with van der Waals surface area (Å²) >= 11 is 5.03. The van der Waals surface area contributed by atoms with Gasteiger partial charge in [0.2, 0.25) is 0 Å². The SMILES string of the molecule is Oc1cccc(/C=N\NC(=S)Nc2ccc(F)cc2)c1. The van der Waals surface area contributed by atoms with Crippen LogP contribution in [0.4, 0.5) is 10.1 Å². The van der Waals surface area contributed by atoms with Gasteiger partial charge in [0, 0.05) is 5.69 Å². The van der Waals surface area contributed by atoms with Crippen LogP contribution in [0.1, 0.15) is 5.56 Å². The Balaban J connectivity index is 1.87. The van der Waals surface area contributed by atoms with Gasteiger partial charge in [-0.15, -0.1) is 0 Å². The molecule has 102 valence electrons. The lowest BCUT2D eigenvalue weighted by atomic mass is 10.2. The summed E-state index contributed by atoms with van der Waals surface area (Å²) in [5, 5.41) is 16.4. The maximum Gasteiger partial charge on any atom is 0.191 e. The molecule has 0 heterocycles. The number of rotatable bonds is 3. The number of halogens is 1. The normalized spacial score (nSPS) is 10.4. The first-order valence-electron chi connectivity index (χ1n) is 5.78. The molecule has 2 rings (SSSR count). The highest BCUT2D eigenvalue weighted by molar-refractivity contribution is 7.80. The summed E-state index contributed by atoms with van der Waals surface area (Å²) in [7, 11) is 0. The first-order valence-corrected chi connectivity index (χ1v) is 6.19. The van der Waals surface area contributed by atoms with E-state index < -0.39 is 0 Å². The molecule has 0 spiro atoms. The van der Waals surface area contributed by atoms with E-state index in [2.05, 4.69) is 15.8 Å². The molecule has 20 heavy (non-hydrogen) atoms. The number of nitrogens with one attached hydrogen (secondary N) is 2. The topological polar surface area (TPSA) is 56.7 Å². The third-order valence-electron chi connectivity index (χ3n) is 2.35. The molecule has 0 saturated carbocycles. The number of phenolic OH excluding ortho intramolecular Hbond substituents is 1. The molecule has 0 bridgehead atoms. The van der Waals surface area contributed by atoms with Crippen molar-refractivity contribution in [2.45, 2.75) is 0 Å². The largest absolute Gasteiger partial charge is 0.508 e. The van der Waals surface area contributed by atoms with Gasteiger partial charge >= 0.3 is 0 Å². The molecular weight excluding hydrogens is 277 g/mol. The van der Waals surface area contributed by atoms with E-state index in [1.165, 1.54) is 18.3 Å². The molecule has 0 unspecified atom stereocenters. The fraction of sp³-hybridized carbons (Fsp3) is 0. The zero-order valence-corrected chi connectivity index (χ0v) is 11.2. The minimum absolute atomic E-state index is 0.168. The first kappa shape index (κ1) is 14.0. The molecule has 4 nitrogen and oxygen atoms in total. The number of anilines is 1. The van der Waals surface area contributed by atoms with E-state index in [1.54, 1.807) is 36.4 Å². The van der Waals surface area contributed by atoms with Gasteiger partial charge in [-0.3, -0.25) is 5.43 Å². The van der Waals surface area contributed by atoms with E-state index in [1.807, 2.05) is 0 Å². The summed E-state index contributed by atoms with van der Waals surface area (Å²) in [5.41, 5.74) is 4.03. The maximum absolute atomic E-state index is 12.7. The number of phenols is 1. The minimum Gasteiger partial charge on any atom is -0.508 e. The predicted octanol–water partition coefficient (Wildman–Crippen LogP) is 2.85. The van der Waals surface area contributed by atoms with Crippen LogP contribution in [0, 0.1) is 5.82 Å². The number of hydrogen-bond donors (Lipinski definition) is 3. The molecule has 0 aromatic heterocycles. The number of aromatic hydroxyl groups is 1. The van der Waals surface area contributed by atoms with Crippen molar-refractivity contribution in [2.75, 3.05) is 5.32 Å². The lowest BCUT2D eigenvalue weighted by molar-refractivity contribution is 0.475. The fourth-order valence-corrected chi connectivity index (χ4v) is 1.63. The van der Waals surface area contributed by atoms with Crippen LogP contribution in [0.25, 0.3) is 0 Å². The van der Waals surface area contributed by atoms with Gasteiger partial charge in [0.25, 0.3) is 0 Å². The van der Waals surface area contributed by atoms with Crippen LogP contribution in [0.3, 0.4) is 0 Å². The molecule has 0 saturated heterocycles. The first-order chi connectivity index (χ1) is 9.63. The Morgan fingerprint density at radius 2 is 1.95 bits per heavy atom. The van der Waals surface area contributed by atoms with Crippen LogP contribution < -0.4 is 10.7 Å². The Labute approximate surface area is 121 Å². The van der Waals surface area contributed by atoms with E-state index in [0.29, 0.717) is 5.69 Å². The molecule has 2 aromatic rings. The zero-order valence-electron chi connectivity index (χ0n) is 10.4. The molecule has 0 aliphatic heterocycles. The number of hydrazone groups is 1. The van der Waals surface area contributed by atoms with Crippen molar-refractivity contribution in [1.29, 1.82) is 0 Å². The third kappa shape index (κ3) is 4.33. The molecule has 0 radical (unpaired) electrons. The fourth-order valence-electron chi connectivity index (χ4n) is 1.46. The number of benzene rings is 2. The van der Waals surface area contributed by atoms with Crippen molar-refractivity contribution in [2.24, 2.45) is 5.10 Å². The van der Waals surface area contributed by atoms with Crippen LogP contribution >= 0.6 is 12.2 Å². The van der Waals surface area contributed by atoms with E-state index in [9.17, 15) is 9.50 Å². The second-order valence-electron chi connectivity index (χ2n) is 3.93. The van der Waals surface area contributed by atoms with Gasteiger partial charge in [-0.1, -0.05) is 12.1 Å². The Kier molecular flexibility index (Phi) is 4.62. The molecule has 0 atom stereocenters. The predicted molar refractivity (Wildman–Crippen MR) is 81.5 cm³/mol. The van der Waals surface area contributed by atoms with E-state index in [-0.39, 0.29) is 16.7 Å². The highest BCUT2D eigenvalue weighted by atomic mass is 32.1. The molecule has 0 aliphatic rings. The van der Waals surface area contributed by atoms with Gasteiger partial charge in [0.15, 0.2) is 5.11 Å². The zero-order chi connectivity index (χ0) is 14.4. The van der Waals surface area contributed by atoms with Gasteiger partial charge in [-0.05, 0) is 54.2 Å². The number of thiocarbonyl (C=S) groups is 1. The van der Waals surface area contributed by atoms with E-state index in [4.69, 9.17) is 12.2 Å². The van der Waals surface area contributed by atoms with Crippen molar-refractivity contribution < 1.29 is 9.50 Å². The summed E-state index contributed by atoms with van der Waals surface area (Å²) in [5.74, 6) is -0.141. The minimum atomic E-state index is -0.309. The standard InChI is InChI=1S/C14H12FN3OS/c15-11-4-6-12(7-5-11)17-14(20)18-16-9-10-2-1-3-13(19)8-10/h1-9,19H,(H2,17,18,20)/b16-9-. The third-order valence-corrected chi connectivity index (χ3v) is 2.55. The molecule has 0 fully saturated rings. The summed E-state index contributed by atoms with van der Waals surface area (Å²) in [4.78, 5) is 0. The Morgan fingerprint density at radius 1 is 1.20 bits per heavy atom. The maximum atomic E-state index is 12.7. The van der Waals surface area contributed by atoms with Gasteiger partial charge in [-0.25, -0.2) is 4.39 Å². The smallest absolute Gasteiger partial charge is 0.191 e. The van der Waals surface area contributed by atoms with Crippen LogP contribution in [-0.4, -0.2) is 16.4 Å². The van der Waals surface area contributed by atoms with Crippen molar-refractivity contribution in [1.82, 2.24) is 5.43 Å². The van der Waals surface area contributed by atoms with Gasteiger partial charge in [-0.2, -0.15) is 5.10 Å². The number of nitrogens with zero attached hydrogens (tertiary/aromatic N) is 1. The van der Waals surface area contributed by atoms with Crippen molar-refractivity contribution in [3.8, 4) is 5.75 Å². The monoisotopic (exact) mass is 289 g/mol. The van der Waals surface area contributed by atoms with Gasteiger partial charge in [0.1, 0.15) is 11.6 Å².